The topological polar surface area (TPSA) is 79.5 Å². The van der Waals surface area contributed by atoms with Gasteiger partial charge in [0.25, 0.3) is 0 Å². The molecule has 0 aliphatic carbocycles. The van der Waals surface area contributed by atoms with Crippen molar-refractivity contribution in [2.75, 3.05) is 37.4 Å². The van der Waals surface area contributed by atoms with E-state index in [0.29, 0.717) is 30.8 Å². The Labute approximate surface area is 160 Å². The number of carbonyl (C=O) groups excluding carboxylic acids is 2. The molecule has 144 valence electrons. The zero-order valence-electron chi connectivity index (χ0n) is 15.7. The van der Waals surface area contributed by atoms with Crippen molar-refractivity contribution in [3.05, 3.63) is 60.2 Å². The Morgan fingerprint density at radius 2 is 1.52 bits per heavy atom. The third-order valence-corrected chi connectivity index (χ3v) is 3.92. The summed E-state index contributed by atoms with van der Waals surface area (Å²) in [6, 6.07) is 17.0. The molecule has 27 heavy (non-hydrogen) atoms. The fourth-order valence-electron chi connectivity index (χ4n) is 2.51. The number of carbonyl (C=O) groups is 2. The van der Waals surface area contributed by atoms with Crippen molar-refractivity contribution >= 4 is 23.2 Å². The molecule has 0 aliphatic rings. The number of ether oxygens (including phenoxy) is 1. The van der Waals surface area contributed by atoms with Gasteiger partial charge in [0.1, 0.15) is 0 Å². The second-order valence-electron chi connectivity index (χ2n) is 6.18. The highest BCUT2D eigenvalue weighted by molar-refractivity contribution is 5.93. The highest BCUT2D eigenvalue weighted by Gasteiger charge is 2.05. The van der Waals surface area contributed by atoms with E-state index in [9.17, 15) is 9.59 Å². The van der Waals surface area contributed by atoms with Crippen LogP contribution in [0.4, 0.5) is 11.4 Å². The Bertz CT molecular complexity index is 702. The quantitative estimate of drug-likeness (QED) is 0.532. The predicted molar refractivity (Wildman–Crippen MR) is 108 cm³/mol. The van der Waals surface area contributed by atoms with Crippen LogP contribution in [0.2, 0.25) is 0 Å². The van der Waals surface area contributed by atoms with E-state index < -0.39 is 0 Å². The van der Waals surface area contributed by atoms with Crippen LogP contribution in [-0.2, 0) is 20.7 Å². The second-order valence-corrected chi connectivity index (χ2v) is 6.18. The van der Waals surface area contributed by atoms with Gasteiger partial charge in [-0.1, -0.05) is 30.3 Å². The van der Waals surface area contributed by atoms with Crippen LogP contribution in [0.3, 0.4) is 0 Å². The summed E-state index contributed by atoms with van der Waals surface area (Å²) in [7, 11) is 1.65. The highest BCUT2D eigenvalue weighted by atomic mass is 16.5. The second kappa shape index (κ2) is 11.8. The molecule has 3 N–H and O–H groups in total. The van der Waals surface area contributed by atoms with Gasteiger partial charge in [-0.15, -0.1) is 0 Å². The molecule has 2 rings (SSSR count). The number of hydrogen-bond donors (Lipinski definition) is 3. The third kappa shape index (κ3) is 8.48. The van der Waals surface area contributed by atoms with Crippen LogP contribution >= 0.6 is 0 Å². The molecule has 0 fully saturated rings. The maximum atomic E-state index is 12.0. The maximum Gasteiger partial charge on any atom is 0.238 e. The van der Waals surface area contributed by atoms with Gasteiger partial charge in [0.2, 0.25) is 11.8 Å². The largest absolute Gasteiger partial charge is 0.385 e. The Morgan fingerprint density at radius 1 is 0.889 bits per heavy atom. The Balaban J connectivity index is 1.69. The first-order chi connectivity index (χ1) is 13.2. The van der Waals surface area contributed by atoms with Gasteiger partial charge in [0.05, 0.1) is 6.54 Å². The molecule has 0 atom stereocenters. The standard InChI is InChI=1S/C21H27N3O3/c1-27-15-5-14-22-16-21(26)24-19-11-9-18(10-12-19)23-20(25)13-8-17-6-3-2-4-7-17/h2-4,6-7,9-12,22H,5,8,13-16H2,1H3,(H,23,25)(H,24,26). The zero-order chi connectivity index (χ0) is 19.3. The molecule has 2 aromatic carbocycles. The summed E-state index contributed by atoms with van der Waals surface area (Å²) >= 11 is 0. The lowest BCUT2D eigenvalue weighted by Gasteiger charge is -2.09. The van der Waals surface area contributed by atoms with Crippen molar-refractivity contribution in [2.24, 2.45) is 0 Å². The molecular weight excluding hydrogens is 342 g/mol. The number of hydrogen-bond acceptors (Lipinski definition) is 4. The minimum atomic E-state index is -0.105. The van der Waals surface area contributed by atoms with Gasteiger partial charge in [-0.3, -0.25) is 9.59 Å². The molecule has 2 amide bonds. The number of benzene rings is 2. The SMILES string of the molecule is COCCCNCC(=O)Nc1ccc(NC(=O)CCc2ccccc2)cc1. The van der Waals surface area contributed by atoms with Gasteiger partial charge in [0, 0.05) is 31.5 Å². The average Bonchev–Trinajstić information content (AvgIpc) is 2.68. The van der Waals surface area contributed by atoms with Crippen molar-refractivity contribution in [2.45, 2.75) is 19.3 Å². The fraction of sp³-hybridized carbons (Fsp3) is 0.333. The van der Waals surface area contributed by atoms with Crippen molar-refractivity contribution in [3.8, 4) is 0 Å². The highest BCUT2D eigenvalue weighted by Crippen LogP contribution is 2.14. The van der Waals surface area contributed by atoms with Crippen LogP contribution in [0.15, 0.2) is 54.6 Å². The lowest BCUT2D eigenvalue weighted by atomic mass is 10.1. The summed E-state index contributed by atoms with van der Waals surface area (Å²) in [6.45, 7) is 1.66. The molecule has 6 heteroatoms. The number of aryl methyl sites for hydroxylation is 1. The van der Waals surface area contributed by atoms with Gasteiger partial charge in [-0.05, 0) is 49.2 Å². The molecular formula is C21H27N3O3. The summed E-state index contributed by atoms with van der Waals surface area (Å²) in [5.41, 5.74) is 2.55. The fourth-order valence-corrected chi connectivity index (χ4v) is 2.51. The first kappa shape index (κ1) is 20.6. The molecule has 2 aromatic rings. The van der Waals surface area contributed by atoms with E-state index in [0.717, 1.165) is 18.5 Å². The van der Waals surface area contributed by atoms with Crippen LogP contribution in [0.25, 0.3) is 0 Å². The molecule has 0 spiro atoms. The van der Waals surface area contributed by atoms with Gasteiger partial charge in [-0.25, -0.2) is 0 Å². The molecule has 0 heterocycles. The molecule has 0 aromatic heterocycles. The summed E-state index contributed by atoms with van der Waals surface area (Å²) < 4.78 is 4.95. The minimum Gasteiger partial charge on any atom is -0.385 e. The Hall–Kier alpha value is -2.70. The molecule has 0 bridgehead atoms. The van der Waals surface area contributed by atoms with Gasteiger partial charge in [0.15, 0.2) is 0 Å². The summed E-state index contributed by atoms with van der Waals surface area (Å²) in [5, 5.41) is 8.74. The number of amides is 2. The monoisotopic (exact) mass is 369 g/mol. The van der Waals surface area contributed by atoms with Gasteiger partial charge >= 0.3 is 0 Å². The minimum absolute atomic E-state index is 0.0316. The van der Waals surface area contributed by atoms with Crippen LogP contribution < -0.4 is 16.0 Å². The molecule has 0 saturated heterocycles. The first-order valence-corrected chi connectivity index (χ1v) is 9.10. The summed E-state index contributed by atoms with van der Waals surface area (Å²) in [6.07, 6.45) is 2.00. The zero-order valence-corrected chi connectivity index (χ0v) is 15.7. The van der Waals surface area contributed by atoms with Crippen LogP contribution in [0.5, 0.6) is 0 Å². The Morgan fingerprint density at radius 3 is 2.15 bits per heavy atom. The van der Waals surface area contributed by atoms with E-state index in [1.807, 2.05) is 30.3 Å². The van der Waals surface area contributed by atoms with Gasteiger partial charge < -0.3 is 20.7 Å². The van der Waals surface area contributed by atoms with E-state index in [4.69, 9.17) is 4.74 Å². The summed E-state index contributed by atoms with van der Waals surface area (Å²) in [4.78, 5) is 23.9. The number of rotatable bonds is 11. The van der Waals surface area contributed by atoms with Crippen molar-refractivity contribution < 1.29 is 14.3 Å². The Kier molecular flexibility index (Phi) is 9.03. The third-order valence-electron chi connectivity index (χ3n) is 3.92. The number of nitrogens with one attached hydrogen (secondary N) is 3. The van der Waals surface area contributed by atoms with E-state index in [-0.39, 0.29) is 18.4 Å². The first-order valence-electron chi connectivity index (χ1n) is 9.10. The smallest absolute Gasteiger partial charge is 0.238 e. The molecule has 6 nitrogen and oxygen atoms in total. The van der Waals surface area contributed by atoms with Crippen molar-refractivity contribution in [3.63, 3.8) is 0 Å². The lowest BCUT2D eigenvalue weighted by molar-refractivity contribution is -0.116. The number of methoxy groups -OCH3 is 1. The van der Waals surface area contributed by atoms with Gasteiger partial charge in [-0.2, -0.15) is 0 Å². The lowest BCUT2D eigenvalue weighted by Crippen LogP contribution is -2.29. The van der Waals surface area contributed by atoms with Crippen LogP contribution in [0, 0.1) is 0 Å². The normalized spacial score (nSPS) is 10.4. The summed E-state index contributed by atoms with van der Waals surface area (Å²) in [5.74, 6) is -0.136. The molecule has 0 radical (unpaired) electrons. The molecule has 0 unspecified atom stereocenters. The van der Waals surface area contributed by atoms with E-state index in [1.165, 1.54) is 0 Å². The van der Waals surface area contributed by atoms with Crippen molar-refractivity contribution in [1.82, 2.24) is 5.32 Å². The van der Waals surface area contributed by atoms with E-state index in [1.54, 1.807) is 31.4 Å². The van der Waals surface area contributed by atoms with Crippen LogP contribution in [0.1, 0.15) is 18.4 Å². The predicted octanol–water partition coefficient (Wildman–Crippen LogP) is 2.82. The average molecular weight is 369 g/mol. The number of anilines is 2. The molecule has 0 aliphatic heterocycles. The van der Waals surface area contributed by atoms with E-state index in [2.05, 4.69) is 16.0 Å². The van der Waals surface area contributed by atoms with Crippen LogP contribution in [-0.4, -0.2) is 38.6 Å². The molecule has 0 saturated carbocycles. The van der Waals surface area contributed by atoms with E-state index >= 15 is 0 Å². The maximum absolute atomic E-state index is 12.0. The van der Waals surface area contributed by atoms with Crippen molar-refractivity contribution in [1.29, 1.82) is 0 Å².